The summed E-state index contributed by atoms with van der Waals surface area (Å²) >= 11 is 17.3. The lowest BCUT2D eigenvalue weighted by molar-refractivity contribution is -0.122. The maximum atomic E-state index is 12.2. The predicted octanol–water partition coefficient (Wildman–Crippen LogP) is 4.65. The highest BCUT2D eigenvalue weighted by Crippen LogP contribution is 2.28. The number of nitrogens with one attached hydrogen (secondary N) is 1. The smallest absolute Gasteiger partial charge is 0.276 e. The average molecular weight is 407 g/mol. The van der Waals surface area contributed by atoms with Crippen molar-refractivity contribution < 1.29 is 9.53 Å². The van der Waals surface area contributed by atoms with Crippen LogP contribution in [-0.2, 0) is 11.4 Å². The Labute approximate surface area is 167 Å². The molecule has 2 aromatic rings. The molecule has 2 aromatic carbocycles. The summed E-state index contributed by atoms with van der Waals surface area (Å²) in [5, 5.41) is 4.48. The molecule has 1 heterocycles. The molecule has 0 bridgehead atoms. The number of benzene rings is 2. The number of carbonyl (C=O) groups excluding carboxylic acids is 1. The minimum atomic E-state index is -0.142. The van der Waals surface area contributed by atoms with Crippen molar-refractivity contribution in [1.82, 2.24) is 10.2 Å². The molecule has 0 aromatic heterocycles. The van der Waals surface area contributed by atoms with Crippen LogP contribution >= 0.6 is 35.4 Å². The Kier molecular flexibility index (Phi) is 5.81. The summed E-state index contributed by atoms with van der Waals surface area (Å²) < 4.78 is 5.75. The number of thiocarbonyl (C=S) groups is 1. The molecule has 134 valence electrons. The number of nitrogens with zero attached hydrogens (tertiary/aromatic N) is 1. The zero-order valence-electron chi connectivity index (χ0n) is 14.0. The molecule has 1 N–H and O–H groups in total. The zero-order chi connectivity index (χ0) is 18.7. The summed E-state index contributed by atoms with van der Waals surface area (Å²) in [6.07, 6.45) is 1.72. The lowest BCUT2D eigenvalue weighted by Gasteiger charge is -2.09. The number of halogens is 2. The highest BCUT2D eigenvalue weighted by atomic mass is 35.5. The molecule has 26 heavy (non-hydrogen) atoms. The van der Waals surface area contributed by atoms with Crippen LogP contribution in [0.4, 0.5) is 0 Å². The van der Waals surface area contributed by atoms with Gasteiger partial charge in [0, 0.05) is 11.6 Å². The summed E-state index contributed by atoms with van der Waals surface area (Å²) in [5.74, 6) is 0.428. The molecule has 3 rings (SSSR count). The highest BCUT2D eigenvalue weighted by Gasteiger charge is 2.28. The summed E-state index contributed by atoms with van der Waals surface area (Å²) in [6.45, 7) is 2.79. The van der Waals surface area contributed by atoms with Crippen LogP contribution in [0, 0.1) is 0 Å². The first-order valence-corrected chi connectivity index (χ1v) is 9.15. The Morgan fingerprint density at radius 3 is 2.54 bits per heavy atom. The molecule has 1 amide bonds. The molecular formula is C19H16Cl2N2O2S. The third kappa shape index (κ3) is 4.18. The van der Waals surface area contributed by atoms with Crippen LogP contribution in [0.5, 0.6) is 5.75 Å². The van der Waals surface area contributed by atoms with Crippen LogP contribution in [0.15, 0.2) is 48.2 Å². The van der Waals surface area contributed by atoms with Crippen LogP contribution in [0.2, 0.25) is 10.0 Å². The van der Waals surface area contributed by atoms with Crippen molar-refractivity contribution in [2.75, 3.05) is 6.54 Å². The van der Waals surface area contributed by atoms with Crippen LogP contribution in [-0.4, -0.2) is 22.5 Å². The van der Waals surface area contributed by atoms with Gasteiger partial charge in [0.15, 0.2) is 5.11 Å². The van der Waals surface area contributed by atoms with Crippen LogP contribution in [0.1, 0.15) is 18.1 Å². The van der Waals surface area contributed by atoms with E-state index in [9.17, 15) is 4.79 Å². The number of likely N-dealkylation sites (N-methyl/N-ethyl adjacent to an activating group) is 1. The van der Waals surface area contributed by atoms with Crippen molar-refractivity contribution in [2.24, 2.45) is 0 Å². The van der Waals surface area contributed by atoms with Gasteiger partial charge in [-0.25, -0.2) is 0 Å². The molecule has 4 nitrogen and oxygen atoms in total. The van der Waals surface area contributed by atoms with Crippen molar-refractivity contribution in [3.63, 3.8) is 0 Å². The van der Waals surface area contributed by atoms with Crippen molar-refractivity contribution in [3.05, 3.63) is 69.3 Å². The third-order valence-electron chi connectivity index (χ3n) is 3.85. The van der Waals surface area contributed by atoms with Gasteiger partial charge in [-0.3, -0.25) is 9.69 Å². The summed E-state index contributed by atoms with van der Waals surface area (Å²) in [6, 6.07) is 12.8. The second-order valence-electron chi connectivity index (χ2n) is 5.64. The van der Waals surface area contributed by atoms with E-state index in [1.807, 2.05) is 37.3 Å². The van der Waals surface area contributed by atoms with Crippen molar-refractivity contribution in [1.29, 1.82) is 0 Å². The number of carbonyl (C=O) groups is 1. The summed E-state index contributed by atoms with van der Waals surface area (Å²) in [7, 11) is 0. The fourth-order valence-corrected chi connectivity index (χ4v) is 3.18. The van der Waals surface area contributed by atoms with E-state index in [0.29, 0.717) is 39.8 Å². The molecule has 0 aliphatic carbocycles. The van der Waals surface area contributed by atoms with Gasteiger partial charge in [-0.05, 0) is 60.6 Å². The molecule has 7 heteroatoms. The van der Waals surface area contributed by atoms with Crippen LogP contribution in [0.25, 0.3) is 6.08 Å². The third-order valence-corrected chi connectivity index (χ3v) is 4.72. The number of hydrogen-bond acceptors (Lipinski definition) is 3. The van der Waals surface area contributed by atoms with E-state index < -0.39 is 0 Å². The van der Waals surface area contributed by atoms with E-state index in [1.165, 1.54) is 4.90 Å². The SMILES string of the molecule is CCN1C(=O)/C(=C\c2ccc(OCc3ccc(Cl)cc3)c(Cl)c2)NC1=S. The Morgan fingerprint density at radius 2 is 1.92 bits per heavy atom. The maximum absolute atomic E-state index is 12.2. The Hall–Kier alpha value is -2.08. The lowest BCUT2D eigenvalue weighted by Crippen LogP contribution is -2.30. The van der Waals surface area contributed by atoms with Gasteiger partial charge in [0.1, 0.15) is 18.1 Å². The first-order chi connectivity index (χ1) is 12.5. The number of ether oxygens (including phenoxy) is 1. The Morgan fingerprint density at radius 1 is 1.19 bits per heavy atom. The van der Waals surface area contributed by atoms with Gasteiger partial charge in [0.05, 0.1) is 5.02 Å². The van der Waals surface area contributed by atoms with E-state index >= 15 is 0 Å². The van der Waals surface area contributed by atoms with Crippen LogP contribution in [0.3, 0.4) is 0 Å². The zero-order valence-corrected chi connectivity index (χ0v) is 16.3. The van der Waals surface area contributed by atoms with Gasteiger partial charge < -0.3 is 10.1 Å². The van der Waals surface area contributed by atoms with Gasteiger partial charge in [0.25, 0.3) is 5.91 Å². The van der Waals surface area contributed by atoms with Gasteiger partial charge in [-0.15, -0.1) is 0 Å². The maximum Gasteiger partial charge on any atom is 0.276 e. The van der Waals surface area contributed by atoms with Gasteiger partial charge in [0.2, 0.25) is 0 Å². The fourth-order valence-electron chi connectivity index (χ4n) is 2.49. The minimum absolute atomic E-state index is 0.142. The number of hydrogen-bond donors (Lipinski definition) is 1. The second kappa shape index (κ2) is 8.08. The number of rotatable bonds is 5. The van der Waals surface area contributed by atoms with Crippen molar-refractivity contribution >= 4 is 52.5 Å². The highest BCUT2D eigenvalue weighted by molar-refractivity contribution is 7.80. The van der Waals surface area contributed by atoms with Crippen LogP contribution < -0.4 is 10.1 Å². The molecule has 1 aliphatic rings. The molecule has 1 aliphatic heterocycles. The van der Waals surface area contributed by atoms with Gasteiger partial charge >= 0.3 is 0 Å². The quantitative estimate of drug-likeness (QED) is 0.579. The Balaban J connectivity index is 1.71. The standard InChI is InChI=1S/C19H16Cl2N2O2S/c1-2-23-18(24)16(22-19(23)26)10-13-5-8-17(15(21)9-13)25-11-12-3-6-14(20)7-4-12/h3-10H,2,11H2,1H3,(H,22,26)/b16-10+. The molecular weight excluding hydrogens is 391 g/mol. The van der Waals surface area contributed by atoms with E-state index in [0.717, 1.165) is 11.1 Å². The van der Waals surface area contributed by atoms with E-state index in [4.69, 9.17) is 40.2 Å². The largest absolute Gasteiger partial charge is 0.487 e. The first-order valence-electron chi connectivity index (χ1n) is 7.99. The van der Waals surface area contributed by atoms with Crippen molar-refractivity contribution in [2.45, 2.75) is 13.5 Å². The summed E-state index contributed by atoms with van der Waals surface area (Å²) in [5.41, 5.74) is 2.21. The number of amides is 1. The molecule has 0 saturated carbocycles. The monoisotopic (exact) mass is 406 g/mol. The normalized spacial score (nSPS) is 15.5. The average Bonchev–Trinajstić information content (AvgIpc) is 2.88. The molecule has 0 radical (unpaired) electrons. The second-order valence-corrected chi connectivity index (χ2v) is 6.87. The summed E-state index contributed by atoms with van der Waals surface area (Å²) in [4.78, 5) is 13.7. The Bertz CT molecular complexity index is 882. The molecule has 1 fully saturated rings. The lowest BCUT2D eigenvalue weighted by atomic mass is 10.2. The molecule has 0 atom stereocenters. The molecule has 0 unspecified atom stereocenters. The fraction of sp³-hybridized carbons (Fsp3) is 0.158. The van der Waals surface area contributed by atoms with E-state index in [-0.39, 0.29) is 5.91 Å². The van der Waals surface area contributed by atoms with E-state index in [2.05, 4.69) is 5.32 Å². The molecule has 1 saturated heterocycles. The van der Waals surface area contributed by atoms with E-state index in [1.54, 1.807) is 18.2 Å². The van der Waals surface area contributed by atoms with Crippen molar-refractivity contribution in [3.8, 4) is 5.75 Å². The topological polar surface area (TPSA) is 41.6 Å². The van der Waals surface area contributed by atoms with Gasteiger partial charge in [-0.2, -0.15) is 0 Å². The molecule has 0 spiro atoms. The predicted molar refractivity (Wildman–Crippen MR) is 108 cm³/mol. The minimum Gasteiger partial charge on any atom is -0.487 e. The first kappa shape index (κ1) is 18.7. The van der Waals surface area contributed by atoms with Gasteiger partial charge in [-0.1, -0.05) is 41.4 Å².